The standard InChI is InChI=1S/C13H23NO3Si/c1-10(2)13(18(5,15-3)16-4)17-12-8-6-7-11(14)9-12/h6-10,13H,14H2,1-5H3. The molecule has 0 aliphatic heterocycles. The van der Waals surface area contributed by atoms with Gasteiger partial charge >= 0.3 is 8.56 Å². The Hall–Kier alpha value is -1.04. The highest BCUT2D eigenvalue weighted by atomic mass is 28.4. The topological polar surface area (TPSA) is 53.7 Å². The number of rotatable bonds is 6. The molecule has 0 saturated carbocycles. The molecule has 0 fully saturated rings. The molecule has 0 heterocycles. The third-order valence-electron chi connectivity index (χ3n) is 3.05. The highest BCUT2D eigenvalue weighted by molar-refractivity contribution is 6.67. The molecule has 2 N–H and O–H groups in total. The molecule has 1 atom stereocenters. The summed E-state index contributed by atoms with van der Waals surface area (Å²) >= 11 is 0. The third kappa shape index (κ3) is 3.47. The number of hydrogen-bond acceptors (Lipinski definition) is 4. The first kappa shape index (κ1) is 15.0. The van der Waals surface area contributed by atoms with Gasteiger partial charge in [-0.25, -0.2) is 0 Å². The Morgan fingerprint density at radius 2 is 1.78 bits per heavy atom. The Morgan fingerprint density at radius 1 is 1.17 bits per heavy atom. The molecule has 0 spiro atoms. The fraction of sp³-hybridized carbons (Fsp3) is 0.538. The van der Waals surface area contributed by atoms with Crippen molar-refractivity contribution >= 4 is 14.2 Å². The van der Waals surface area contributed by atoms with E-state index < -0.39 is 8.56 Å². The van der Waals surface area contributed by atoms with Crippen LogP contribution in [0.25, 0.3) is 0 Å². The summed E-state index contributed by atoms with van der Waals surface area (Å²) in [5, 5.41) is 0. The molecule has 1 unspecified atom stereocenters. The Labute approximate surface area is 110 Å². The zero-order valence-electron chi connectivity index (χ0n) is 11.8. The minimum atomic E-state index is -2.35. The van der Waals surface area contributed by atoms with Crippen LogP contribution in [0.3, 0.4) is 0 Å². The number of ether oxygens (including phenoxy) is 1. The molecule has 0 saturated heterocycles. The summed E-state index contributed by atoms with van der Waals surface area (Å²) in [5.74, 6) is 1.05. The molecule has 5 heteroatoms. The fourth-order valence-electron chi connectivity index (χ4n) is 1.90. The molecular weight excluding hydrogens is 246 g/mol. The first-order chi connectivity index (χ1) is 8.42. The van der Waals surface area contributed by atoms with E-state index in [-0.39, 0.29) is 5.73 Å². The minimum absolute atomic E-state index is 0.0886. The molecule has 1 aromatic rings. The van der Waals surface area contributed by atoms with Crippen LogP contribution in [-0.4, -0.2) is 28.5 Å². The summed E-state index contributed by atoms with van der Waals surface area (Å²) in [5.41, 5.74) is 6.35. The number of benzene rings is 1. The normalized spacial score (nSPS) is 13.7. The second kappa shape index (κ2) is 6.22. The van der Waals surface area contributed by atoms with Gasteiger partial charge in [-0.1, -0.05) is 19.9 Å². The molecular formula is C13H23NO3Si. The molecule has 18 heavy (non-hydrogen) atoms. The van der Waals surface area contributed by atoms with E-state index in [1.165, 1.54) is 0 Å². The molecule has 0 radical (unpaired) electrons. The van der Waals surface area contributed by atoms with Crippen LogP contribution in [0.15, 0.2) is 24.3 Å². The quantitative estimate of drug-likeness (QED) is 0.637. The lowest BCUT2D eigenvalue weighted by molar-refractivity contribution is 0.132. The molecule has 0 aliphatic rings. The molecule has 102 valence electrons. The van der Waals surface area contributed by atoms with E-state index >= 15 is 0 Å². The van der Waals surface area contributed by atoms with Crippen LogP contribution < -0.4 is 10.5 Å². The van der Waals surface area contributed by atoms with Crippen LogP contribution in [0.2, 0.25) is 6.55 Å². The lowest BCUT2D eigenvalue weighted by Gasteiger charge is -2.34. The Morgan fingerprint density at radius 3 is 2.22 bits per heavy atom. The highest BCUT2D eigenvalue weighted by Crippen LogP contribution is 2.25. The van der Waals surface area contributed by atoms with Crippen LogP contribution in [-0.2, 0) is 8.85 Å². The van der Waals surface area contributed by atoms with Crippen LogP contribution >= 0.6 is 0 Å². The summed E-state index contributed by atoms with van der Waals surface area (Å²) in [6.07, 6.45) is 0. The van der Waals surface area contributed by atoms with Crippen molar-refractivity contribution < 1.29 is 13.6 Å². The van der Waals surface area contributed by atoms with E-state index in [2.05, 4.69) is 13.8 Å². The van der Waals surface area contributed by atoms with Gasteiger partial charge in [0, 0.05) is 26.0 Å². The summed E-state index contributed by atoms with van der Waals surface area (Å²) in [7, 11) is 0.996. The number of anilines is 1. The second-order valence-electron chi connectivity index (χ2n) is 4.78. The largest absolute Gasteiger partial charge is 0.488 e. The average molecular weight is 269 g/mol. The second-order valence-corrected chi connectivity index (χ2v) is 8.20. The van der Waals surface area contributed by atoms with Gasteiger partial charge in [0.25, 0.3) is 0 Å². The molecule has 0 amide bonds. The fourth-order valence-corrected chi connectivity index (χ4v) is 4.09. The number of nitrogens with two attached hydrogens (primary N) is 1. The summed E-state index contributed by atoms with van der Waals surface area (Å²) in [6.45, 7) is 6.20. The summed E-state index contributed by atoms with van der Waals surface area (Å²) < 4.78 is 17.2. The van der Waals surface area contributed by atoms with Crippen molar-refractivity contribution in [2.75, 3.05) is 20.0 Å². The van der Waals surface area contributed by atoms with E-state index in [1.54, 1.807) is 14.2 Å². The third-order valence-corrected chi connectivity index (χ3v) is 6.49. The van der Waals surface area contributed by atoms with Crippen molar-refractivity contribution in [2.24, 2.45) is 5.92 Å². The Balaban J connectivity index is 2.94. The number of hydrogen-bond donors (Lipinski definition) is 1. The van der Waals surface area contributed by atoms with Crippen LogP contribution in [0.5, 0.6) is 5.75 Å². The van der Waals surface area contributed by atoms with Gasteiger partial charge in [0.05, 0.1) is 0 Å². The summed E-state index contributed by atoms with van der Waals surface area (Å²) in [4.78, 5) is 0. The van der Waals surface area contributed by atoms with E-state index in [9.17, 15) is 0 Å². The predicted octanol–water partition coefficient (Wildman–Crippen LogP) is 2.58. The molecule has 0 bridgehead atoms. The summed E-state index contributed by atoms with van der Waals surface area (Å²) in [6, 6.07) is 7.42. The maximum Gasteiger partial charge on any atom is 0.376 e. The van der Waals surface area contributed by atoms with Crippen LogP contribution in [0, 0.1) is 5.92 Å². The minimum Gasteiger partial charge on any atom is -0.488 e. The van der Waals surface area contributed by atoms with E-state index in [0.717, 1.165) is 5.75 Å². The van der Waals surface area contributed by atoms with Crippen molar-refractivity contribution in [3.8, 4) is 5.75 Å². The lowest BCUT2D eigenvalue weighted by atomic mass is 10.2. The van der Waals surface area contributed by atoms with Crippen molar-refractivity contribution in [1.29, 1.82) is 0 Å². The van der Waals surface area contributed by atoms with E-state index in [4.69, 9.17) is 19.3 Å². The van der Waals surface area contributed by atoms with Crippen LogP contribution in [0.4, 0.5) is 5.69 Å². The van der Waals surface area contributed by atoms with Gasteiger partial charge in [-0.3, -0.25) is 0 Å². The molecule has 4 nitrogen and oxygen atoms in total. The highest BCUT2D eigenvalue weighted by Gasteiger charge is 2.43. The van der Waals surface area contributed by atoms with Gasteiger partial charge in [-0.05, 0) is 24.6 Å². The number of nitrogen functional groups attached to an aromatic ring is 1. The van der Waals surface area contributed by atoms with Crippen molar-refractivity contribution in [1.82, 2.24) is 0 Å². The van der Waals surface area contributed by atoms with Gasteiger partial charge in [-0.15, -0.1) is 0 Å². The average Bonchev–Trinajstić information content (AvgIpc) is 2.35. The first-order valence-electron chi connectivity index (χ1n) is 6.05. The predicted molar refractivity (Wildman–Crippen MR) is 75.7 cm³/mol. The molecule has 0 aromatic heterocycles. The van der Waals surface area contributed by atoms with Gasteiger partial charge in [0.15, 0.2) is 0 Å². The van der Waals surface area contributed by atoms with Gasteiger partial charge in [0.2, 0.25) is 0 Å². The maximum atomic E-state index is 6.04. The monoisotopic (exact) mass is 269 g/mol. The van der Waals surface area contributed by atoms with Crippen molar-refractivity contribution in [3.63, 3.8) is 0 Å². The Bertz CT molecular complexity index is 380. The first-order valence-corrected chi connectivity index (χ1v) is 8.45. The molecule has 0 aliphatic carbocycles. The van der Waals surface area contributed by atoms with Crippen molar-refractivity contribution in [3.05, 3.63) is 24.3 Å². The van der Waals surface area contributed by atoms with Gasteiger partial charge < -0.3 is 19.3 Å². The molecule has 1 aromatic carbocycles. The van der Waals surface area contributed by atoms with E-state index in [0.29, 0.717) is 11.6 Å². The molecule has 1 rings (SSSR count). The Kier molecular flexibility index (Phi) is 5.19. The van der Waals surface area contributed by atoms with Crippen LogP contribution in [0.1, 0.15) is 13.8 Å². The zero-order chi connectivity index (χ0) is 13.8. The maximum absolute atomic E-state index is 6.04. The van der Waals surface area contributed by atoms with Crippen molar-refractivity contribution in [2.45, 2.75) is 26.1 Å². The zero-order valence-corrected chi connectivity index (χ0v) is 12.8. The van der Waals surface area contributed by atoms with Gasteiger partial charge in [-0.2, -0.15) is 0 Å². The van der Waals surface area contributed by atoms with E-state index in [1.807, 2.05) is 30.8 Å². The SMILES string of the molecule is CO[Si](C)(OC)C(Oc1cccc(N)c1)C(C)C. The lowest BCUT2D eigenvalue weighted by Crippen LogP contribution is -2.54. The smallest absolute Gasteiger partial charge is 0.376 e. The van der Waals surface area contributed by atoms with Gasteiger partial charge in [0.1, 0.15) is 11.5 Å².